The predicted molar refractivity (Wildman–Crippen MR) is 78.1 cm³/mol. The molecule has 6 heteroatoms. The monoisotopic (exact) mass is 275 g/mol. The SMILES string of the molecule is CN(CCCN1CCOCC1)c1nnc2ccccn12. The molecule has 6 nitrogen and oxygen atoms in total. The van der Waals surface area contributed by atoms with Gasteiger partial charge in [0, 0.05) is 39.4 Å². The number of nitrogens with zero attached hydrogens (tertiary/aromatic N) is 5. The maximum Gasteiger partial charge on any atom is 0.231 e. The Labute approximate surface area is 119 Å². The Morgan fingerprint density at radius 2 is 2.10 bits per heavy atom. The number of pyridine rings is 1. The summed E-state index contributed by atoms with van der Waals surface area (Å²) in [7, 11) is 2.07. The van der Waals surface area contributed by atoms with Gasteiger partial charge >= 0.3 is 0 Å². The minimum absolute atomic E-state index is 0.866. The van der Waals surface area contributed by atoms with Crippen molar-refractivity contribution in [1.29, 1.82) is 0 Å². The normalized spacial score (nSPS) is 16.6. The Kier molecular flexibility index (Phi) is 4.13. The number of ether oxygens (including phenoxy) is 1. The molecule has 1 saturated heterocycles. The summed E-state index contributed by atoms with van der Waals surface area (Å²) in [5, 5.41) is 8.45. The average Bonchev–Trinajstić information content (AvgIpc) is 2.92. The van der Waals surface area contributed by atoms with Crippen LogP contribution < -0.4 is 4.90 Å². The van der Waals surface area contributed by atoms with Crippen molar-refractivity contribution < 1.29 is 4.74 Å². The minimum atomic E-state index is 0.866. The highest BCUT2D eigenvalue weighted by atomic mass is 16.5. The lowest BCUT2D eigenvalue weighted by Crippen LogP contribution is -2.38. The molecule has 0 saturated carbocycles. The van der Waals surface area contributed by atoms with E-state index in [0.717, 1.165) is 57.4 Å². The highest BCUT2D eigenvalue weighted by Crippen LogP contribution is 2.12. The Hall–Kier alpha value is -1.66. The van der Waals surface area contributed by atoms with Crippen LogP contribution in [-0.2, 0) is 4.74 Å². The third-order valence-corrected chi connectivity index (χ3v) is 3.71. The van der Waals surface area contributed by atoms with Crippen molar-refractivity contribution in [2.45, 2.75) is 6.42 Å². The number of fused-ring (bicyclic) bond motifs is 1. The Morgan fingerprint density at radius 3 is 2.95 bits per heavy atom. The van der Waals surface area contributed by atoms with Crippen molar-refractivity contribution in [2.75, 3.05) is 51.3 Å². The molecule has 3 heterocycles. The zero-order valence-corrected chi connectivity index (χ0v) is 11.9. The summed E-state index contributed by atoms with van der Waals surface area (Å²) >= 11 is 0. The van der Waals surface area contributed by atoms with Crippen molar-refractivity contribution in [2.24, 2.45) is 0 Å². The lowest BCUT2D eigenvalue weighted by atomic mass is 10.3. The van der Waals surface area contributed by atoms with Crippen LogP contribution in [0.25, 0.3) is 5.65 Å². The molecule has 0 spiro atoms. The molecular weight excluding hydrogens is 254 g/mol. The van der Waals surface area contributed by atoms with E-state index in [1.807, 2.05) is 28.8 Å². The number of hydrogen-bond donors (Lipinski definition) is 0. The van der Waals surface area contributed by atoms with Gasteiger partial charge in [-0.3, -0.25) is 9.30 Å². The molecule has 0 N–H and O–H groups in total. The van der Waals surface area contributed by atoms with Crippen LogP contribution in [0.1, 0.15) is 6.42 Å². The van der Waals surface area contributed by atoms with Gasteiger partial charge in [-0.25, -0.2) is 0 Å². The molecule has 1 aliphatic heterocycles. The standard InChI is InChI=1S/C14H21N5O/c1-17(6-4-7-18-9-11-20-12-10-18)14-16-15-13-5-2-3-8-19(13)14/h2-3,5,8H,4,6-7,9-12H2,1H3. The number of aromatic nitrogens is 3. The van der Waals surface area contributed by atoms with E-state index in [4.69, 9.17) is 4.74 Å². The summed E-state index contributed by atoms with van der Waals surface area (Å²) in [5.41, 5.74) is 0.891. The van der Waals surface area contributed by atoms with E-state index in [0.29, 0.717) is 0 Å². The number of hydrogen-bond acceptors (Lipinski definition) is 5. The van der Waals surface area contributed by atoms with Crippen molar-refractivity contribution in [3.63, 3.8) is 0 Å². The van der Waals surface area contributed by atoms with Crippen LogP contribution in [-0.4, -0.2) is 65.9 Å². The second kappa shape index (κ2) is 6.19. The molecule has 0 unspecified atom stereocenters. The van der Waals surface area contributed by atoms with Crippen molar-refractivity contribution in [3.05, 3.63) is 24.4 Å². The molecule has 0 aromatic carbocycles. The fraction of sp³-hybridized carbons (Fsp3) is 0.571. The van der Waals surface area contributed by atoms with Gasteiger partial charge in [-0.1, -0.05) is 6.07 Å². The summed E-state index contributed by atoms with van der Waals surface area (Å²) in [4.78, 5) is 4.62. The van der Waals surface area contributed by atoms with Gasteiger partial charge in [0.25, 0.3) is 0 Å². The Bertz CT molecular complexity index is 549. The van der Waals surface area contributed by atoms with Crippen LogP contribution in [0.2, 0.25) is 0 Å². The van der Waals surface area contributed by atoms with Gasteiger partial charge in [-0.2, -0.15) is 0 Å². The van der Waals surface area contributed by atoms with Gasteiger partial charge in [0.2, 0.25) is 5.95 Å². The average molecular weight is 275 g/mol. The smallest absolute Gasteiger partial charge is 0.231 e. The molecule has 0 atom stereocenters. The summed E-state index contributed by atoms with van der Waals surface area (Å²) < 4.78 is 7.38. The maximum absolute atomic E-state index is 5.36. The third kappa shape index (κ3) is 2.91. The van der Waals surface area contributed by atoms with Gasteiger partial charge in [-0.05, 0) is 18.6 Å². The molecule has 0 radical (unpaired) electrons. The van der Waals surface area contributed by atoms with E-state index in [-0.39, 0.29) is 0 Å². The molecule has 1 aliphatic rings. The molecule has 108 valence electrons. The van der Waals surface area contributed by atoms with Crippen LogP contribution in [0.4, 0.5) is 5.95 Å². The first-order chi connectivity index (χ1) is 9.84. The third-order valence-electron chi connectivity index (χ3n) is 3.71. The van der Waals surface area contributed by atoms with E-state index in [2.05, 4.69) is 27.0 Å². The lowest BCUT2D eigenvalue weighted by molar-refractivity contribution is 0.0377. The zero-order valence-electron chi connectivity index (χ0n) is 11.9. The van der Waals surface area contributed by atoms with Crippen molar-refractivity contribution >= 4 is 11.6 Å². The summed E-state index contributed by atoms with van der Waals surface area (Å²) in [6.45, 7) is 5.93. The maximum atomic E-state index is 5.36. The summed E-state index contributed by atoms with van der Waals surface area (Å²) in [6, 6.07) is 5.95. The van der Waals surface area contributed by atoms with Gasteiger partial charge in [0.05, 0.1) is 13.2 Å². The van der Waals surface area contributed by atoms with E-state index in [9.17, 15) is 0 Å². The molecule has 0 bridgehead atoms. The highest BCUT2D eigenvalue weighted by Gasteiger charge is 2.12. The molecule has 20 heavy (non-hydrogen) atoms. The molecule has 0 aliphatic carbocycles. The fourth-order valence-corrected chi connectivity index (χ4v) is 2.55. The molecular formula is C14H21N5O. The van der Waals surface area contributed by atoms with Gasteiger partial charge in [0.1, 0.15) is 0 Å². The summed E-state index contributed by atoms with van der Waals surface area (Å²) in [5.74, 6) is 0.905. The Balaban J connectivity index is 1.54. The topological polar surface area (TPSA) is 45.9 Å². The number of rotatable bonds is 5. The molecule has 2 aromatic rings. The molecule has 2 aromatic heterocycles. The summed E-state index contributed by atoms with van der Waals surface area (Å²) in [6.07, 6.45) is 3.13. The first-order valence-electron chi connectivity index (χ1n) is 7.15. The second-order valence-electron chi connectivity index (χ2n) is 5.16. The van der Waals surface area contributed by atoms with E-state index >= 15 is 0 Å². The first-order valence-corrected chi connectivity index (χ1v) is 7.15. The largest absolute Gasteiger partial charge is 0.379 e. The minimum Gasteiger partial charge on any atom is -0.379 e. The Morgan fingerprint density at radius 1 is 1.25 bits per heavy atom. The van der Waals surface area contributed by atoms with Gasteiger partial charge < -0.3 is 9.64 Å². The number of anilines is 1. The quantitative estimate of drug-likeness (QED) is 0.811. The molecule has 3 rings (SSSR count). The van der Waals surface area contributed by atoms with Crippen molar-refractivity contribution in [3.8, 4) is 0 Å². The lowest BCUT2D eigenvalue weighted by Gasteiger charge is -2.27. The second-order valence-corrected chi connectivity index (χ2v) is 5.16. The van der Waals surface area contributed by atoms with E-state index in [1.54, 1.807) is 0 Å². The highest BCUT2D eigenvalue weighted by molar-refractivity contribution is 5.45. The van der Waals surface area contributed by atoms with Gasteiger partial charge in [-0.15, -0.1) is 10.2 Å². The van der Waals surface area contributed by atoms with Crippen LogP contribution in [0.5, 0.6) is 0 Å². The van der Waals surface area contributed by atoms with Crippen molar-refractivity contribution in [1.82, 2.24) is 19.5 Å². The zero-order chi connectivity index (χ0) is 13.8. The molecule has 1 fully saturated rings. The van der Waals surface area contributed by atoms with E-state index in [1.165, 1.54) is 0 Å². The first kappa shape index (κ1) is 13.3. The van der Waals surface area contributed by atoms with Crippen LogP contribution in [0.3, 0.4) is 0 Å². The van der Waals surface area contributed by atoms with E-state index < -0.39 is 0 Å². The van der Waals surface area contributed by atoms with Gasteiger partial charge in [0.15, 0.2) is 5.65 Å². The van der Waals surface area contributed by atoms with Crippen LogP contribution >= 0.6 is 0 Å². The van der Waals surface area contributed by atoms with Crippen LogP contribution in [0, 0.1) is 0 Å². The molecule has 0 amide bonds. The predicted octanol–water partition coefficient (Wildman–Crippen LogP) is 0.888. The fourth-order valence-electron chi connectivity index (χ4n) is 2.55. The number of morpholine rings is 1. The van der Waals surface area contributed by atoms with Crippen LogP contribution in [0.15, 0.2) is 24.4 Å².